The summed E-state index contributed by atoms with van der Waals surface area (Å²) in [7, 11) is 0. The van der Waals surface area contributed by atoms with E-state index in [1.165, 1.54) is 24.2 Å². The molecule has 3 heterocycles. The maximum absolute atomic E-state index is 12.0. The number of benzene rings is 1. The van der Waals surface area contributed by atoms with Crippen LogP contribution in [0.3, 0.4) is 0 Å². The second kappa shape index (κ2) is 6.35. The van der Waals surface area contributed by atoms with Crippen LogP contribution in [0.1, 0.15) is 28.7 Å². The molecule has 0 radical (unpaired) electrons. The summed E-state index contributed by atoms with van der Waals surface area (Å²) in [5.41, 5.74) is 2.98. The van der Waals surface area contributed by atoms with Crippen LogP contribution in [-0.2, 0) is 13.0 Å². The van der Waals surface area contributed by atoms with Gasteiger partial charge in [0.25, 0.3) is 5.91 Å². The molecular formula is C18H16N4O3. The van der Waals surface area contributed by atoms with Crippen molar-refractivity contribution in [3.63, 3.8) is 0 Å². The van der Waals surface area contributed by atoms with Gasteiger partial charge in [-0.1, -0.05) is 17.3 Å². The number of ether oxygens (including phenoxy) is 1. The third kappa shape index (κ3) is 3.21. The van der Waals surface area contributed by atoms with E-state index in [9.17, 15) is 4.79 Å². The minimum atomic E-state index is -0.308. The molecule has 7 nitrogen and oxygen atoms in total. The van der Waals surface area contributed by atoms with E-state index in [-0.39, 0.29) is 24.2 Å². The number of hydrogen-bond donors (Lipinski definition) is 1. The molecule has 2 aromatic heterocycles. The molecule has 1 aromatic carbocycles. The number of nitrogens with zero attached hydrogens (tertiary/aromatic N) is 3. The van der Waals surface area contributed by atoms with Crippen LogP contribution in [0.15, 0.2) is 47.4 Å². The smallest absolute Gasteiger partial charge is 0.271 e. The van der Waals surface area contributed by atoms with Gasteiger partial charge in [-0.3, -0.25) is 9.78 Å². The zero-order valence-corrected chi connectivity index (χ0v) is 13.6. The molecule has 0 saturated heterocycles. The number of aromatic nitrogens is 3. The van der Waals surface area contributed by atoms with Gasteiger partial charge in [-0.25, -0.2) is 4.98 Å². The maximum Gasteiger partial charge on any atom is 0.271 e. The molecule has 1 unspecified atom stereocenters. The minimum absolute atomic E-state index is 0.201. The van der Waals surface area contributed by atoms with Crippen molar-refractivity contribution in [3.05, 3.63) is 59.8 Å². The summed E-state index contributed by atoms with van der Waals surface area (Å²) >= 11 is 0. The van der Waals surface area contributed by atoms with Gasteiger partial charge in [0, 0.05) is 30.4 Å². The summed E-state index contributed by atoms with van der Waals surface area (Å²) in [6.45, 7) is 2.30. The van der Waals surface area contributed by atoms with Gasteiger partial charge in [0.2, 0.25) is 0 Å². The van der Waals surface area contributed by atoms with Gasteiger partial charge in [-0.2, -0.15) is 0 Å². The Balaban J connectivity index is 1.44. The van der Waals surface area contributed by atoms with Crippen molar-refractivity contribution in [3.8, 4) is 17.1 Å². The highest BCUT2D eigenvalue weighted by atomic mass is 16.5. The average Bonchev–Trinajstić information content (AvgIpc) is 3.25. The van der Waals surface area contributed by atoms with Gasteiger partial charge in [0.1, 0.15) is 23.2 Å². The van der Waals surface area contributed by atoms with Crippen LogP contribution in [0.4, 0.5) is 0 Å². The lowest BCUT2D eigenvalue weighted by molar-refractivity contribution is 0.0944. The summed E-state index contributed by atoms with van der Waals surface area (Å²) in [4.78, 5) is 19.8. The topological polar surface area (TPSA) is 90.1 Å². The van der Waals surface area contributed by atoms with Crippen molar-refractivity contribution in [1.82, 2.24) is 20.4 Å². The highest BCUT2D eigenvalue weighted by Gasteiger charge is 2.20. The van der Waals surface area contributed by atoms with Gasteiger partial charge in [0.05, 0.1) is 12.7 Å². The number of carbonyl (C=O) groups is 1. The fourth-order valence-corrected chi connectivity index (χ4v) is 2.76. The fourth-order valence-electron chi connectivity index (χ4n) is 2.76. The van der Waals surface area contributed by atoms with Crippen LogP contribution >= 0.6 is 0 Å². The summed E-state index contributed by atoms with van der Waals surface area (Å²) in [6.07, 6.45) is 5.52. The van der Waals surface area contributed by atoms with Crippen LogP contribution in [0.2, 0.25) is 0 Å². The van der Waals surface area contributed by atoms with Crippen LogP contribution in [0, 0.1) is 0 Å². The van der Waals surface area contributed by atoms with E-state index in [4.69, 9.17) is 9.26 Å². The fraction of sp³-hybridized carbons (Fsp3) is 0.222. The Morgan fingerprint density at radius 2 is 2.24 bits per heavy atom. The SMILES string of the molecule is CC1Cc2ccc(-c3cc(CNC(=O)c4cnccn4)no3)cc2O1. The third-order valence-corrected chi connectivity index (χ3v) is 3.97. The number of rotatable bonds is 4. The molecule has 1 aliphatic rings. The molecule has 0 spiro atoms. The zero-order valence-electron chi connectivity index (χ0n) is 13.6. The van der Waals surface area contributed by atoms with E-state index in [2.05, 4.69) is 20.4 Å². The Morgan fingerprint density at radius 3 is 3.08 bits per heavy atom. The monoisotopic (exact) mass is 336 g/mol. The van der Waals surface area contributed by atoms with Gasteiger partial charge < -0.3 is 14.6 Å². The summed E-state index contributed by atoms with van der Waals surface area (Å²) in [5, 5.41) is 6.74. The molecule has 0 bridgehead atoms. The zero-order chi connectivity index (χ0) is 17.2. The average molecular weight is 336 g/mol. The summed E-state index contributed by atoms with van der Waals surface area (Å²) in [5.74, 6) is 1.21. The lowest BCUT2D eigenvalue weighted by Gasteiger charge is -2.03. The first kappa shape index (κ1) is 15.3. The molecule has 25 heavy (non-hydrogen) atoms. The van der Waals surface area contributed by atoms with Gasteiger partial charge >= 0.3 is 0 Å². The predicted molar refractivity (Wildman–Crippen MR) is 88.9 cm³/mol. The van der Waals surface area contributed by atoms with Crippen molar-refractivity contribution in [1.29, 1.82) is 0 Å². The van der Waals surface area contributed by atoms with Gasteiger partial charge in [-0.05, 0) is 18.6 Å². The normalized spacial score (nSPS) is 15.5. The molecule has 1 aliphatic heterocycles. The minimum Gasteiger partial charge on any atom is -0.490 e. The van der Waals surface area contributed by atoms with E-state index in [0.29, 0.717) is 11.5 Å². The number of nitrogens with one attached hydrogen (secondary N) is 1. The van der Waals surface area contributed by atoms with Crippen molar-refractivity contribution in [2.75, 3.05) is 0 Å². The Hall–Kier alpha value is -3.22. The second-order valence-electron chi connectivity index (χ2n) is 5.91. The van der Waals surface area contributed by atoms with Gasteiger partial charge in [0.15, 0.2) is 5.76 Å². The Bertz CT molecular complexity index is 908. The van der Waals surface area contributed by atoms with Gasteiger partial charge in [-0.15, -0.1) is 0 Å². The number of carbonyl (C=O) groups excluding carboxylic acids is 1. The number of fused-ring (bicyclic) bond motifs is 1. The second-order valence-corrected chi connectivity index (χ2v) is 5.91. The first-order chi connectivity index (χ1) is 12.2. The van der Waals surface area contributed by atoms with Crippen LogP contribution in [0.5, 0.6) is 5.75 Å². The molecule has 0 saturated carbocycles. The quantitative estimate of drug-likeness (QED) is 0.787. The summed E-state index contributed by atoms with van der Waals surface area (Å²) < 4.78 is 11.2. The molecular weight excluding hydrogens is 320 g/mol. The molecule has 0 fully saturated rings. The molecule has 1 N–H and O–H groups in total. The standard InChI is InChI=1S/C18H16N4O3/c1-11-6-12-2-3-13(7-16(12)24-11)17-8-14(22-25-17)9-21-18(23)15-10-19-4-5-20-15/h2-5,7-8,10-11H,6,9H2,1H3,(H,21,23). The molecule has 7 heteroatoms. The Labute approximate surface area is 144 Å². The predicted octanol–water partition coefficient (Wildman–Crippen LogP) is 2.38. The lowest BCUT2D eigenvalue weighted by atomic mass is 10.1. The first-order valence-corrected chi connectivity index (χ1v) is 7.99. The molecule has 4 rings (SSSR count). The van der Waals surface area contributed by atoms with Crippen molar-refractivity contribution >= 4 is 5.91 Å². The van der Waals surface area contributed by atoms with E-state index < -0.39 is 0 Å². The number of hydrogen-bond acceptors (Lipinski definition) is 6. The number of amides is 1. The van der Waals surface area contributed by atoms with Crippen molar-refractivity contribution in [2.45, 2.75) is 26.0 Å². The van der Waals surface area contributed by atoms with E-state index in [0.717, 1.165) is 17.7 Å². The molecule has 126 valence electrons. The largest absolute Gasteiger partial charge is 0.490 e. The Morgan fingerprint density at radius 1 is 1.32 bits per heavy atom. The molecule has 0 aliphatic carbocycles. The van der Waals surface area contributed by atoms with E-state index in [1.54, 1.807) is 6.07 Å². The highest BCUT2D eigenvalue weighted by Crippen LogP contribution is 2.33. The van der Waals surface area contributed by atoms with E-state index >= 15 is 0 Å². The van der Waals surface area contributed by atoms with Crippen molar-refractivity contribution < 1.29 is 14.1 Å². The molecule has 1 atom stereocenters. The maximum atomic E-state index is 12.0. The lowest BCUT2D eigenvalue weighted by Crippen LogP contribution is -2.23. The first-order valence-electron chi connectivity index (χ1n) is 7.99. The summed E-state index contributed by atoms with van der Waals surface area (Å²) in [6, 6.07) is 7.80. The highest BCUT2D eigenvalue weighted by molar-refractivity contribution is 5.91. The van der Waals surface area contributed by atoms with E-state index in [1.807, 2.05) is 25.1 Å². The van der Waals surface area contributed by atoms with Crippen LogP contribution < -0.4 is 10.1 Å². The van der Waals surface area contributed by atoms with Crippen LogP contribution in [0.25, 0.3) is 11.3 Å². The van der Waals surface area contributed by atoms with Crippen molar-refractivity contribution in [2.24, 2.45) is 0 Å². The Kier molecular flexibility index (Phi) is 3.89. The van der Waals surface area contributed by atoms with Crippen LogP contribution in [-0.4, -0.2) is 27.1 Å². The molecule has 1 amide bonds. The molecule has 3 aromatic rings. The third-order valence-electron chi connectivity index (χ3n) is 3.97.